The lowest BCUT2D eigenvalue weighted by Gasteiger charge is -2.11. The molecule has 0 atom stereocenters. The van der Waals surface area contributed by atoms with Gasteiger partial charge in [0.1, 0.15) is 0 Å². The van der Waals surface area contributed by atoms with Gasteiger partial charge in [-0.1, -0.05) is 12.1 Å². The smallest absolute Gasteiger partial charge is 0.0737 e. The molecule has 88 valence electrons. The molecule has 0 spiro atoms. The van der Waals surface area contributed by atoms with Crippen LogP contribution in [0.4, 0.5) is 0 Å². The molecule has 0 bridgehead atoms. The Morgan fingerprint density at radius 2 is 2.12 bits per heavy atom. The number of aromatic nitrogens is 2. The third-order valence-electron chi connectivity index (χ3n) is 4.19. The van der Waals surface area contributed by atoms with Gasteiger partial charge in [-0.15, -0.1) is 0 Å². The average molecular weight is 227 g/mol. The molecular formula is C14H17N3. The fraction of sp³-hybridized carbons (Fsp3) is 0.500. The van der Waals surface area contributed by atoms with Gasteiger partial charge in [0.2, 0.25) is 0 Å². The molecule has 0 aliphatic heterocycles. The van der Waals surface area contributed by atoms with Crippen molar-refractivity contribution in [3.05, 3.63) is 29.5 Å². The van der Waals surface area contributed by atoms with Crippen LogP contribution in [0.25, 0.3) is 10.9 Å². The molecule has 2 N–H and O–H groups in total. The maximum Gasteiger partial charge on any atom is 0.0737 e. The van der Waals surface area contributed by atoms with Crippen LogP contribution >= 0.6 is 0 Å². The fourth-order valence-corrected chi connectivity index (χ4v) is 2.81. The normalized spacial score (nSPS) is 22.0. The Labute approximate surface area is 101 Å². The van der Waals surface area contributed by atoms with Gasteiger partial charge in [0, 0.05) is 23.9 Å². The summed E-state index contributed by atoms with van der Waals surface area (Å²) < 4.78 is 2.01. The molecule has 0 unspecified atom stereocenters. The van der Waals surface area contributed by atoms with Crippen molar-refractivity contribution < 1.29 is 0 Å². The van der Waals surface area contributed by atoms with Crippen molar-refractivity contribution in [2.75, 3.05) is 0 Å². The molecule has 4 rings (SSSR count). The van der Waals surface area contributed by atoms with Gasteiger partial charge in [0.15, 0.2) is 0 Å². The van der Waals surface area contributed by atoms with Crippen LogP contribution in [-0.4, -0.2) is 9.78 Å². The summed E-state index contributed by atoms with van der Waals surface area (Å²) in [4.78, 5) is 0. The Balaban J connectivity index is 2.06. The Bertz CT molecular complexity index is 603. The summed E-state index contributed by atoms with van der Waals surface area (Å²) in [6.45, 7) is 0. The predicted octanol–water partition coefficient (Wildman–Crippen LogP) is 2.40. The first-order valence-electron chi connectivity index (χ1n) is 6.44. The van der Waals surface area contributed by atoms with Crippen molar-refractivity contribution in [3.63, 3.8) is 0 Å². The van der Waals surface area contributed by atoms with E-state index in [1.807, 2.05) is 11.7 Å². The monoisotopic (exact) mass is 227 g/mol. The van der Waals surface area contributed by atoms with Crippen LogP contribution < -0.4 is 5.73 Å². The van der Waals surface area contributed by atoms with Crippen LogP contribution in [0.3, 0.4) is 0 Å². The maximum atomic E-state index is 6.40. The highest BCUT2D eigenvalue weighted by atomic mass is 15.3. The van der Waals surface area contributed by atoms with Gasteiger partial charge in [0.25, 0.3) is 0 Å². The number of hydrogen-bond donors (Lipinski definition) is 1. The summed E-state index contributed by atoms with van der Waals surface area (Å²) in [5.74, 6) is 0.683. The Morgan fingerprint density at radius 1 is 1.35 bits per heavy atom. The summed E-state index contributed by atoms with van der Waals surface area (Å²) in [6, 6.07) is 6.47. The molecule has 1 heterocycles. The fourth-order valence-electron chi connectivity index (χ4n) is 2.81. The Kier molecular flexibility index (Phi) is 1.65. The van der Waals surface area contributed by atoms with Crippen LogP contribution in [0.5, 0.6) is 0 Å². The lowest BCUT2D eigenvalue weighted by Crippen LogP contribution is -2.19. The molecule has 2 aliphatic carbocycles. The number of hydrogen-bond acceptors (Lipinski definition) is 2. The first kappa shape index (κ1) is 9.66. The van der Waals surface area contributed by atoms with E-state index >= 15 is 0 Å². The molecule has 0 amide bonds. The van der Waals surface area contributed by atoms with Crippen LogP contribution in [-0.2, 0) is 12.6 Å². The Morgan fingerprint density at radius 3 is 2.76 bits per heavy atom. The summed E-state index contributed by atoms with van der Waals surface area (Å²) in [7, 11) is 2.04. The third-order valence-corrected chi connectivity index (χ3v) is 4.19. The van der Waals surface area contributed by atoms with Gasteiger partial charge in [0.05, 0.1) is 11.2 Å². The summed E-state index contributed by atoms with van der Waals surface area (Å²) in [5, 5.41) is 6.06. The summed E-state index contributed by atoms with van der Waals surface area (Å²) in [6.07, 6.45) is 4.81. The second kappa shape index (κ2) is 2.91. The molecule has 3 heteroatoms. The van der Waals surface area contributed by atoms with Gasteiger partial charge < -0.3 is 5.73 Å². The van der Waals surface area contributed by atoms with Gasteiger partial charge in [-0.05, 0) is 37.3 Å². The minimum atomic E-state index is -0.0633. The zero-order valence-electron chi connectivity index (χ0n) is 10.1. The summed E-state index contributed by atoms with van der Waals surface area (Å²) >= 11 is 0. The van der Waals surface area contributed by atoms with Gasteiger partial charge in [-0.25, -0.2) is 0 Å². The molecule has 2 aliphatic rings. The van der Waals surface area contributed by atoms with E-state index in [2.05, 4.69) is 18.2 Å². The molecule has 17 heavy (non-hydrogen) atoms. The lowest BCUT2D eigenvalue weighted by atomic mass is 9.98. The van der Waals surface area contributed by atoms with Crippen molar-refractivity contribution in [1.82, 2.24) is 9.78 Å². The number of nitrogens with two attached hydrogens (primary N) is 1. The first-order chi connectivity index (χ1) is 8.19. The lowest BCUT2D eigenvalue weighted by molar-refractivity contribution is 0.746. The van der Waals surface area contributed by atoms with E-state index in [0.717, 1.165) is 12.8 Å². The molecule has 2 fully saturated rings. The minimum Gasteiger partial charge on any atom is -0.321 e. The maximum absolute atomic E-state index is 6.40. The SMILES string of the molecule is Cn1nc(C2CC2)c2c(C3(N)CC3)cccc21. The Hall–Kier alpha value is -1.35. The van der Waals surface area contributed by atoms with Gasteiger partial charge in [-0.3, -0.25) is 4.68 Å². The highest BCUT2D eigenvalue weighted by Gasteiger charge is 2.43. The van der Waals surface area contributed by atoms with E-state index in [1.165, 1.54) is 35.0 Å². The molecule has 2 aromatic rings. The van der Waals surface area contributed by atoms with Gasteiger partial charge in [-0.2, -0.15) is 5.10 Å². The van der Waals surface area contributed by atoms with Crippen LogP contribution in [0.1, 0.15) is 42.9 Å². The molecule has 3 nitrogen and oxygen atoms in total. The van der Waals surface area contributed by atoms with Crippen LogP contribution in [0.2, 0.25) is 0 Å². The second-order valence-electron chi connectivity index (χ2n) is 5.64. The largest absolute Gasteiger partial charge is 0.321 e. The quantitative estimate of drug-likeness (QED) is 0.856. The number of aryl methyl sites for hydroxylation is 1. The van der Waals surface area contributed by atoms with Crippen LogP contribution in [0, 0.1) is 0 Å². The van der Waals surface area contributed by atoms with E-state index in [1.54, 1.807) is 0 Å². The van der Waals surface area contributed by atoms with Crippen molar-refractivity contribution >= 4 is 10.9 Å². The predicted molar refractivity (Wildman–Crippen MR) is 67.8 cm³/mol. The highest BCUT2D eigenvalue weighted by Crippen LogP contribution is 2.49. The van der Waals surface area contributed by atoms with E-state index in [-0.39, 0.29) is 5.54 Å². The minimum absolute atomic E-state index is 0.0633. The first-order valence-corrected chi connectivity index (χ1v) is 6.44. The molecule has 0 radical (unpaired) electrons. The highest BCUT2D eigenvalue weighted by molar-refractivity contribution is 5.87. The zero-order valence-corrected chi connectivity index (χ0v) is 10.1. The average Bonchev–Trinajstić information content (AvgIpc) is 3.23. The van der Waals surface area contributed by atoms with Crippen LogP contribution in [0.15, 0.2) is 18.2 Å². The van der Waals surface area contributed by atoms with Crippen molar-refractivity contribution in [3.8, 4) is 0 Å². The molecule has 2 saturated carbocycles. The molecule has 0 saturated heterocycles. The number of rotatable bonds is 2. The molecule has 1 aromatic carbocycles. The standard InChI is InChI=1S/C14H17N3/c1-17-11-4-2-3-10(14(15)7-8-14)12(11)13(16-17)9-5-6-9/h2-4,9H,5-8,15H2,1H3. The van der Waals surface area contributed by atoms with Crippen molar-refractivity contribution in [2.45, 2.75) is 37.1 Å². The molecule has 1 aromatic heterocycles. The van der Waals surface area contributed by atoms with Gasteiger partial charge >= 0.3 is 0 Å². The second-order valence-corrected chi connectivity index (χ2v) is 5.64. The zero-order chi connectivity index (χ0) is 11.6. The van der Waals surface area contributed by atoms with Crippen molar-refractivity contribution in [1.29, 1.82) is 0 Å². The summed E-state index contributed by atoms with van der Waals surface area (Å²) in [5.41, 5.74) is 10.2. The van der Waals surface area contributed by atoms with E-state index in [4.69, 9.17) is 10.8 Å². The third kappa shape index (κ3) is 1.29. The number of fused-ring (bicyclic) bond motifs is 1. The molecular weight excluding hydrogens is 210 g/mol. The number of nitrogens with zero attached hydrogens (tertiary/aromatic N) is 2. The van der Waals surface area contributed by atoms with E-state index in [0.29, 0.717) is 5.92 Å². The van der Waals surface area contributed by atoms with E-state index in [9.17, 15) is 0 Å². The number of benzene rings is 1. The topological polar surface area (TPSA) is 43.8 Å². The van der Waals surface area contributed by atoms with E-state index < -0.39 is 0 Å². The van der Waals surface area contributed by atoms with Crippen molar-refractivity contribution in [2.24, 2.45) is 12.8 Å².